The minimum absolute atomic E-state index is 0.0147. The molecule has 0 aliphatic carbocycles. The Kier molecular flexibility index (Phi) is 10.2. The Morgan fingerprint density at radius 3 is 2.59 bits per heavy atom. The molecule has 8 nitrogen and oxygen atoms in total. The number of nitrogens with one attached hydrogen (secondary N) is 1. The van der Waals surface area contributed by atoms with Crippen LogP contribution in [0, 0.1) is 5.82 Å². The van der Waals surface area contributed by atoms with Crippen molar-refractivity contribution in [2.75, 3.05) is 64.7 Å². The average molecular weight is 529 g/mol. The smallest absolute Gasteiger partial charge is 0.246 e. The van der Waals surface area contributed by atoms with Crippen molar-refractivity contribution in [1.29, 1.82) is 0 Å². The van der Waals surface area contributed by atoms with E-state index in [0.717, 1.165) is 48.8 Å². The van der Waals surface area contributed by atoms with Crippen LogP contribution in [0.1, 0.15) is 6.42 Å². The number of hydrogen-bond acceptors (Lipinski definition) is 7. The maximum absolute atomic E-state index is 13.4. The maximum Gasteiger partial charge on any atom is 0.246 e. The first-order valence-electron chi connectivity index (χ1n) is 12.4. The van der Waals surface area contributed by atoms with Crippen LogP contribution in [0.4, 0.5) is 15.8 Å². The van der Waals surface area contributed by atoms with Crippen molar-refractivity contribution < 1.29 is 23.4 Å². The first-order chi connectivity index (χ1) is 18.1. The summed E-state index contributed by atoms with van der Waals surface area (Å²) in [5.41, 5.74) is 4.01. The van der Waals surface area contributed by atoms with Gasteiger partial charge in [0.25, 0.3) is 0 Å². The van der Waals surface area contributed by atoms with E-state index in [-0.39, 0.29) is 18.3 Å². The molecular weight excluding hydrogens is 495 g/mol. The molecule has 0 radical (unpaired) electrons. The molecule has 2 aromatic carbocycles. The lowest BCUT2D eigenvalue weighted by atomic mass is 10.1. The third kappa shape index (κ3) is 7.96. The number of morpholine rings is 1. The van der Waals surface area contributed by atoms with E-state index in [4.69, 9.17) is 19.2 Å². The largest absolute Gasteiger partial charge is 0.382 e. The number of anilines is 1. The number of amides is 1. The van der Waals surface area contributed by atoms with E-state index in [1.54, 1.807) is 19.2 Å². The van der Waals surface area contributed by atoms with Crippen molar-refractivity contribution in [3.63, 3.8) is 0 Å². The van der Waals surface area contributed by atoms with E-state index in [9.17, 15) is 9.18 Å². The molecule has 1 fully saturated rings. The molecule has 1 aliphatic rings. The Morgan fingerprint density at radius 2 is 1.86 bits per heavy atom. The number of thiazole rings is 1. The van der Waals surface area contributed by atoms with Gasteiger partial charge in [0.1, 0.15) is 12.4 Å². The molecule has 4 rings (SSSR count). The van der Waals surface area contributed by atoms with Crippen LogP contribution >= 0.6 is 11.3 Å². The van der Waals surface area contributed by atoms with E-state index >= 15 is 0 Å². The van der Waals surface area contributed by atoms with Crippen molar-refractivity contribution in [3.05, 3.63) is 64.5 Å². The van der Waals surface area contributed by atoms with Crippen molar-refractivity contribution >= 4 is 28.6 Å². The Morgan fingerprint density at radius 1 is 1.11 bits per heavy atom. The van der Waals surface area contributed by atoms with Gasteiger partial charge in [-0.1, -0.05) is 12.1 Å². The van der Waals surface area contributed by atoms with Gasteiger partial charge in [0.2, 0.25) is 5.91 Å². The zero-order valence-corrected chi connectivity index (χ0v) is 21.8. The van der Waals surface area contributed by atoms with Gasteiger partial charge in [-0.15, -0.1) is 11.3 Å². The van der Waals surface area contributed by atoms with Crippen LogP contribution in [0.2, 0.25) is 0 Å². The number of hydrogen-bond donors (Lipinski definition) is 1. The van der Waals surface area contributed by atoms with Gasteiger partial charge in [-0.05, 0) is 48.4 Å². The molecule has 0 bridgehead atoms. The number of carbonyl (C=O) groups excluding carboxylic acids is 1. The molecule has 1 aliphatic heterocycles. The number of methoxy groups -OCH3 is 1. The van der Waals surface area contributed by atoms with E-state index in [0.29, 0.717) is 32.0 Å². The van der Waals surface area contributed by atoms with Gasteiger partial charge in [0, 0.05) is 44.4 Å². The van der Waals surface area contributed by atoms with E-state index < -0.39 is 0 Å². The van der Waals surface area contributed by atoms with Crippen molar-refractivity contribution in [1.82, 2.24) is 9.88 Å². The number of halogens is 1. The summed E-state index contributed by atoms with van der Waals surface area (Å²) in [7, 11) is 1.59. The number of aromatic nitrogens is 1. The Balaban J connectivity index is 1.48. The third-order valence-electron chi connectivity index (χ3n) is 5.93. The highest BCUT2D eigenvalue weighted by Crippen LogP contribution is 2.25. The summed E-state index contributed by atoms with van der Waals surface area (Å²) in [5.74, 6) is -0.442. The fourth-order valence-electron chi connectivity index (χ4n) is 3.98. The van der Waals surface area contributed by atoms with Gasteiger partial charge in [-0.2, -0.15) is 0 Å². The third-order valence-corrected chi connectivity index (χ3v) is 6.80. The SMILES string of the molecule is COCCOCC(=O)NCCCn1c(-c2ccc(N3CCOCC3)cc2)csc1=Nc1ccc(F)cc1. The second kappa shape index (κ2) is 14.0. The molecule has 1 saturated heterocycles. The minimum Gasteiger partial charge on any atom is -0.382 e. The number of rotatable bonds is 12. The van der Waals surface area contributed by atoms with Gasteiger partial charge in [0.15, 0.2) is 4.80 Å². The van der Waals surface area contributed by atoms with Crippen LogP contribution in [-0.4, -0.2) is 70.3 Å². The summed E-state index contributed by atoms with van der Waals surface area (Å²) in [5, 5.41) is 4.99. The van der Waals surface area contributed by atoms with Crippen LogP contribution in [0.5, 0.6) is 0 Å². The summed E-state index contributed by atoms with van der Waals surface area (Å²) in [4.78, 5) is 19.9. The molecule has 2 heterocycles. The van der Waals surface area contributed by atoms with Crippen LogP contribution in [0.3, 0.4) is 0 Å². The number of benzene rings is 2. The van der Waals surface area contributed by atoms with Crippen molar-refractivity contribution in [2.45, 2.75) is 13.0 Å². The molecule has 0 atom stereocenters. The van der Waals surface area contributed by atoms with Crippen molar-refractivity contribution in [2.24, 2.45) is 4.99 Å². The summed E-state index contributed by atoms with van der Waals surface area (Å²) in [6, 6.07) is 14.7. The van der Waals surface area contributed by atoms with Gasteiger partial charge < -0.3 is 29.0 Å². The fourth-order valence-corrected chi connectivity index (χ4v) is 4.93. The molecule has 0 unspecified atom stereocenters. The molecule has 10 heteroatoms. The highest BCUT2D eigenvalue weighted by Gasteiger charge is 2.13. The maximum atomic E-state index is 13.4. The summed E-state index contributed by atoms with van der Waals surface area (Å²) >= 11 is 1.54. The van der Waals surface area contributed by atoms with E-state index in [1.165, 1.54) is 29.2 Å². The second-order valence-electron chi connectivity index (χ2n) is 8.54. The molecule has 0 saturated carbocycles. The normalized spacial score (nSPS) is 14.2. The number of ether oxygens (including phenoxy) is 3. The monoisotopic (exact) mass is 528 g/mol. The van der Waals surface area contributed by atoms with Gasteiger partial charge in [0.05, 0.1) is 37.8 Å². The highest BCUT2D eigenvalue weighted by atomic mass is 32.1. The molecule has 1 aromatic heterocycles. The molecule has 1 amide bonds. The summed E-state index contributed by atoms with van der Waals surface area (Å²) < 4.78 is 31.2. The number of nitrogens with zero attached hydrogens (tertiary/aromatic N) is 3. The predicted octanol–water partition coefficient (Wildman–Crippen LogP) is 3.59. The Bertz CT molecular complexity index is 1190. The Labute approximate surface area is 220 Å². The second-order valence-corrected chi connectivity index (χ2v) is 9.38. The highest BCUT2D eigenvalue weighted by molar-refractivity contribution is 7.07. The van der Waals surface area contributed by atoms with Crippen LogP contribution < -0.4 is 15.0 Å². The Hall–Kier alpha value is -3.05. The van der Waals surface area contributed by atoms with Crippen LogP contribution in [0.15, 0.2) is 58.9 Å². The lowest BCUT2D eigenvalue weighted by Gasteiger charge is -2.28. The first kappa shape index (κ1) is 27.0. The quantitative estimate of drug-likeness (QED) is 0.364. The molecular formula is C27H33FN4O4S. The van der Waals surface area contributed by atoms with Crippen LogP contribution in [-0.2, 0) is 25.5 Å². The molecule has 1 N–H and O–H groups in total. The van der Waals surface area contributed by atoms with Gasteiger partial charge in [-0.25, -0.2) is 9.38 Å². The number of carbonyl (C=O) groups is 1. The van der Waals surface area contributed by atoms with E-state index in [1.807, 2.05) is 0 Å². The zero-order valence-electron chi connectivity index (χ0n) is 21.0. The topological polar surface area (TPSA) is 77.3 Å². The van der Waals surface area contributed by atoms with Gasteiger partial charge in [-0.3, -0.25) is 4.79 Å². The van der Waals surface area contributed by atoms with Crippen LogP contribution in [0.25, 0.3) is 11.3 Å². The first-order valence-corrected chi connectivity index (χ1v) is 13.3. The summed E-state index contributed by atoms with van der Waals surface area (Å²) in [6.07, 6.45) is 0.718. The predicted molar refractivity (Wildman–Crippen MR) is 143 cm³/mol. The minimum atomic E-state index is -0.291. The average Bonchev–Trinajstić information content (AvgIpc) is 3.33. The van der Waals surface area contributed by atoms with Gasteiger partial charge >= 0.3 is 0 Å². The lowest BCUT2D eigenvalue weighted by molar-refractivity contribution is -0.126. The molecule has 3 aromatic rings. The molecule has 198 valence electrons. The molecule has 37 heavy (non-hydrogen) atoms. The zero-order chi connectivity index (χ0) is 25.9. The summed E-state index contributed by atoms with van der Waals surface area (Å²) in [6.45, 7) is 5.31. The molecule has 0 spiro atoms. The lowest BCUT2D eigenvalue weighted by Crippen LogP contribution is -2.36. The standard InChI is InChI=1S/C27H33FN4O4S/c1-34-17-18-36-19-26(33)29-11-2-12-32-25(20-37-27(32)30-23-7-5-22(28)6-8-23)21-3-9-24(10-4-21)31-13-15-35-16-14-31/h3-10,20H,2,11-19H2,1H3,(H,29,33). The van der Waals surface area contributed by atoms with Crippen molar-refractivity contribution in [3.8, 4) is 11.3 Å². The van der Waals surface area contributed by atoms with E-state index in [2.05, 4.69) is 44.4 Å². The fraction of sp³-hybridized carbons (Fsp3) is 0.407.